The van der Waals surface area contributed by atoms with Gasteiger partial charge >= 0.3 is 0 Å². The van der Waals surface area contributed by atoms with Gasteiger partial charge < -0.3 is 9.47 Å². The first-order valence-corrected chi connectivity index (χ1v) is 6.95. The predicted octanol–water partition coefficient (Wildman–Crippen LogP) is 3.25. The first-order chi connectivity index (χ1) is 7.75. The van der Waals surface area contributed by atoms with E-state index in [2.05, 4.69) is 13.8 Å². The van der Waals surface area contributed by atoms with Crippen molar-refractivity contribution >= 4 is 0 Å². The summed E-state index contributed by atoms with van der Waals surface area (Å²) in [7, 11) is 0. The van der Waals surface area contributed by atoms with Crippen LogP contribution in [0, 0.1) is 17.8 Å². The molecule has 3 unspecified atom stereocenters. The van der Waals surface area contributed by atoms with Gasteiger partial charge in [-0.1, -0.05) is 20.3 Å². The van der Waals surface area contributed by atoms with Crippen LogP contribution in [-0.2, 0) is 9.47 Å². The van der Waals surface area contributed by atoms with Crippen molar-refractivity contribution in [1.29, 1.82) is 0 Å². The molecule has 3 atom stereocenters. The van der Waals surface area contributed by atoms with Crippen molar-refractivity contribution in [3.63, 3.8) is 0 Å². The third kappa shape index (κ3) is 3.46. The molecule has 16 heavy (non-hydrogen) atoms. The molecule has 0 spiro atoms. The zero-order valence-corrected chi connectivity index (χ0v) is 10.8. The van der Waals surface area contributed by atoms with Crippen LogP contribution in [0.25, 0.3) is 0 Å². The summed E-state index contributed by atoms with van der Waals surface area (Å²) >= 11 is 0. The third-order valence-electron chi connectivity index (χ3n) is 4.44. The molecule has 1 heterocycles. The van der Waals surface area contributed by atoms with Crippen LogP contribution < -0.4 is 0 Å². The molecule has 1 aliphatic heterocycles. The monoisotopic (exact) mass is 226 g/mol. The molecule has 0 aromatic carbocycles. The Morgan fingerprint density at radius 1 is 1.00 bits per heavy atom. The number of ether oxygens (including phenoxy) is 2. The Morgan fingerprint density at radius 3 is 2.44 bits per heavy atom. The lowest BCUT2D eigenvalue weighted by atomic mass is 9.76. The molecule has 94 valence electrons. The van der Waals surface area contributed by atoms with Gasteiger partial charge in [-0.2, -0.15) is 0 Å². The summed E-state index contributed by atoms with van der Waals surface area (Å²) < 4.78 is 11.4. The molecule has 1 saturated heterocycles. The van der Waals surface area contributed by atoms with Gasteiger partial charge in [0.05, 0.1) is 6.10 Å². The normalized spacial score (nSPS) is 37.5. The van der Waals surface area contributed by atoms with Gasteiger partial charge in [0.25, 0.3) is 0 Å². The van der Waals surface area contributed by atoms with Crippen molar-refractivity contribution in [3.8, 4) is 0 Å². The molecule has 0 aromatic heterocycles. The van der Waals surface area contributed by atoms with Gasteiger partial charge in [-0.05, 0) is 43.4 Å². The van der Waals surface area contributed by atoms with E-state index in [-0.39, 0.29) is 0 Å². The maximum absolute atomic E-state index is 6.03. The lowest BCUT2D eigenvalue weighted by molar-refractivity contribution is -0.0497. The largest absolute Gasteiger partial charge is 0.381 e. The van der Waals surface area contributed by atoms with Crippen LogP contribution in [0.15, 0.2) is 0 Å². The van der Waals surface area contributed by atoms with Gasteiger partial charge in [0.15, 0.2) is 0 Å². The highest BCUT2D eigenvalue weighted by Gasteiger charge is 2.25. The van der Waals surface area contributed by atoms with Gasteiger partial charge in [0.1, 0.15) is 0 Å². The fraction of sp³-hybridized carbons (Fsp3) is 1.00. The summed E-state index contributed by atoms with van der Waals surface area (Å²) in [5, 5.41) is 0. The van der Waals surface area contributed by atoms with Crippen LogP contribution in [0.2, 0.25) is 0 Å². The molecule has 1 aliphatic carbocycles. The van der Waals surface area contributed by atoms with E-state index in [0.717, 1.165) is 50.4 Å². The molecule has 0 radical (unpaired) electrons. The molecular weight excluding hydrogens is 200 g/mol. The lowest BCUT2D eigenvalue weighted by Gasteiger charge is -2.33. The second-order valence-electron chi connectivity index (χ2n) is 5.78. The van der Waals surface area contributed by atoms with E-state index in [0.29, 0.717) is 6.10 Å². The van der Waals surface area contributed by atoms with Crippen molar-refractivity contribution in [2.45, 2.75) is 52.1 Å². The van der Waals surface area contributed by atoms with Crippen LogP contribution in [0.4, 0.5) is 0 Å². The van der Waals surface area contributed by atoms with Gasteiger partial charge in [-0.3, -0.25) is 0 Å². The fourth-order valence-electron chi connectivity index (χ4n) is 2.93. The van der Waals surface area contributed by atoms with Crippen molar-refractivity contribution in [2.24, 2.45) is 17.8 Å². The van der Waals surface area contributed by atoms with Crippen molar-refractivity contribution < 1.29 is 9.47 Å². The van der Waals surface area contributed by atoms with Crippen LogP contribution in [-0.4, -0.2) is 25.9 Å². The van der Waals surface area contributed by atoms with Crippen molar-refractivity contribution in [2.75, 3.05) is 19.8 Å². The summed E-state index contributed by atoms with van der Waals surface area (Å²) in [5.41, 5.74) is 0. The molecule has 2 heteroatoms. The van der Waals surface area contributed by atoms with E-state index in [9.17, 15) is 0 Å². The standard InChI is InChI=1S/C14H26O2/c1-11-3-4-13(9-12(11)2)10-16-14-5-7-15-8-6-14/h11-14H,3-10H2,1-2H3. The average Bonchev–Trinajstić information content (AvgIpc) is 2.32. The number of rotatable bonds is 3. The van der Waals surface area contributed by atoms with Crippen LogP contribution in [0.1, 0.15) is 46.0 Å². The van der Waals surface area contributed by atoms with E-state index in [4.69, 9.17) is 9.47 Å². The topological polar surface area (TPSA) is 18.5 Å². The number of hydrogen-bond donors (Lipinski definition) is 0. The summed E-state index contributed by atoms with van der Waals surface area (Å²) in [5.74, 6) is 2.62. The molecule has 1 saturated carbocycles. The highest BCUT2D eigenvalue weighted by Crippen LogP contribution is 2.33. The maximum Gasteiger partial charge on any atom is 0.0619 e. The smallest absolute Gasteiger partial charge is 0.0619 e. The Bertz CT molecular complexity index is 199. The van der Waals surface area contributed by atoms with E-state index >= 15 is 0 Å². The molecule has 0 amide bonds. The second-order valence-corrected chi connectivity index (χ2v) is 5.78. The number of hydrogen-bond acceptors (Lipinski definition) is 2. The Kier molecular flexibility index (Phi) is 4.66. The Balaban J connectivity index is 1.65. The zero-order valence-electron chi connectivity index (χ0n) is 10.8. The van der Waals surface area contributed by atoms with Gasteiger partial charge in [0.2, 0.25) is 0 Å². The molecular formula is C14H26O2. The van der Waals surface area contributed by atoms with Crippen LogP contribution in [0.3, 0.4) is 0 Å². The summed E-state index contributed by atoms with van der Waals surface area (Å²) in [6, 6.07) is 0. The minimum Gasteiger partial charge on any atom is -0.381 e. The van der Waals surface area contributed by atoms with E-state index in [1.165, 1.54) is 19.3 Å². The highest BCUT2D eigenvalue weighted by molar-refractivity contribution is 4.75. The highest BCUT2D eigenvalue weighted by atomic mass is 16.5. The minimum atomic E-state index is 0.475. The Morgan fingerprint density at radius 2 is 1.75 bits per heavy atom. The van der Waals surface area contributed by atoms with Crippen molar-refractivity contribution in [1.82, 2.24) is 0 Å². The molecule has 2 aliphatic rings. The average molecular weight is 226 g/mol. The molecule has 2 fully saturated rings. The quantitative estimate of drug-likeness (QED) is 0.735. The Hall–Kier alpha value is -0.0800. The SMILES string of the molecule is CC1CCC(COC2CCOCC2)CC1C. The molecule has 2 rings (SSSR count). The van der Waals surface area contributed by atoms with Gasteiger partial charge in [-0.25, -0.2) is 0 Å². The molecule has 0 bridgehead atoms. The first kappa shape index (κ1) is 12.4. The maximum atomic E-state index is 6.03. The summed E-state index contributed by atoms with van der Waals surface area (Å²) in [6.07, 6.45) is 6.79. The summed E-state index contributed by atoms with van der Waals surface area (Å²) in [6.45, 7) is 7.55. The first-order valence-electron chi connectivity index (χ1n) is 6.95. The second kappa shape index (κ2) is 6.02. The lowest BCUT2D eigenvalue weighted by Crippen LogP contribution is -2.29. The third-order valence-corrected chi connectivity index (χ3v) is 4.44. The molecule has 0 aromatic rings. The minimum absolute atomic E-state index is 0.475. The fourth-order valence-corrected chi connectivity index (χ4v) is 2.93. The van der Waals surface area contributed by atoms with Crippen LogP contribution in [0.5, 0.6) is 0 Å². The molecule has 2 nitrogen and oxygen atoms in total. The van der Waals surface area contributed by atoms with E-state index < -0.39 is 0 Å². The molecule has 0 N–H and O–H groups in total. The Labute approximate surface area is 99.7 Å². The van der Waals surface area contributed by atoms with Crippen molar-refractivity contribution in [3.05, 3.63) is 0 Å². The van der Waals surface area contributed by atoms with Gasteiger partial charge in [0, 0.05) is 19.8 Å². The van der Waals surface area contributed by atoms with E-state index in [1.54, 1.807) is 0 Å². The zero-order chi connectivity index (χ0) is 11.4. The van der Waals surface area contributed by atoms with Crippen LogP contribution >= 0.6 is 0 Å². The van der Waals surface area contributed by atoms with Gasteiger partial charge in [-0.15, -0.1) is 0 Å². The summed E-state index contributed by atoms with van der Waals surface area (Å²) in [4.78, 5) is 0. The predicted molar refractivity (Wildman–Crippen MR) is 65.5 cm³/mol. The van der Waals surface area contributed by atoms with E-state index in [1.807, 2.05) is 0 Å².